The number of anilines is 1. The highest BCUT2D eigenvalue weighted by Crippen LogP contribution is 2.15. The maximum atomic E-state index is 10.5. The van der Waals surface area contributed by atoms with Crippen molar-refractivity contribution in [3.8, 4) is 0 Å². The quantitative estimate of drug-likeness (QED) is 0.663. The van der Waals surface area contributed by atoms with Crippen LogP contribution in [0.15, 0.2) is 30.5 Å². The van der Waals surface area contributed by atoms with Crippen molar-refractivity contribution in [2.24, 2.45) is 7.05 Å². The van der Waals surface area contributed by atoms with Crippen LogP contribution in [0.4, 0.5) is 11.4 Å². The molecule has 1 N–H and O–H groups in total. The molecule has 0 atom stereocenters. The van der Waals surface area contributed by atoms with Gasteiger partial charge in [-0.05, 0) is 12.5 Å². The highest BCUT2D eigenvalue weighted by molar-refractivity contribution is 5.46. The van der Waals surface area contributed by atoms with E-state index in [2.05, 4.69) is 10.4 Å². The summed E-state index contributed by atoms with van der Waals surface area (Å²) in [6, 6.07) is 6.51. The minimum atomic E-state index is -0.400. The van der Waals surface area contributed by atoms with E-state index in [1.165, 1.54) is 12.1 Å². The monoisotopic (exact) mass is 246 g/mol. The van der Waals surface area contributed by atoms with Crippen LogP contribution in [0.3, 0.4) is 0 Å². The number of rotatable bonds is 4. The maximum Gasteiger partial charge on any atom is 0.269 e. The Bertz CT molecular complexity index is 560. The van der Waals surface area contributed by atoms with Gasteiger partial charge in [0.2, 0.25) is 0 Å². The minimum Gasteiger partial charge on any atom is -0.378 e. The second-order valence-electron chi connectivity index (χ2n) is 4.08. The third-order valence-corrected chi connectivity index (χ3v) is 2.64. The first-order chi connectivity index (χ1) is 8.56. The Kier molecular flexibility index (Phi) is 3.27. The molecule has 0 radical (unpaired) electrons. The zero-order chi connectivity index (χ0) is 13.1. The topological polar surface area (TPSA) is 73.0 Å². The largest absolute Gasteiger partial charge is 0.378 e. The summed E-state index contributed by atoms with van der Waals surface area (Å²) in [5, 5.41) is 18.0. The van der Waals surface area contributed by atoms with Crippen LogP contribution in [0.5, 0.6) is 0 Å². The number of non-ortho nitro benzene ring substituents is 1. The van der Waals surface area contributed by atoms with Gasteiger partial charge in [0.1, 0.15) is 0 Å². The number of hydrogen-bond acceptors (Lipinski definition) is 4. The minimum absolute atomic E-state index is 0.108. The van der Waals surface area contributed by atoms with Crippen LogP contribution in [0.2, 0.25) is 0 Å². The highest BCUT2D eigenvalue weighted by atomic mass is 16.6. The molecule has 1 heterocycles. The standard InChI is InChI=1S/C12H14N4O2/c1-9-12(8-15(2)14-9)13-7-10-3-5-11(6-4-10)16(17)18/h3-6,8,13H,7H2,1-2H3. The Morgan fingerprint density at radius 2 is 2.06 bits per heavy atom. The van der Waals surface area contributed by atoms with Gasteiger partial charge in [0, 0.05) is 31.9 Å². The average Bonchev–Trinajstić information content (AvgIpc) is 2.66. The summed E-state index contributed by atoms with van der Waals surface area (Å²) < 4.78 is 1.74. The van der Waals surface area contributed by atoms with Crippen LogP contribution in [-0.4, -0.2) is 14.7 Å². The number of nitrogens with zero attached hydrogens (tertiary/aromatic N) is 3. The Balaban J connectivity index is 2.02. The predicted molar refractivity (Wildman–Crippen MR) is 68.4 cm³/mol. The van der Waals surface area contributed by atoms with Gasteiger partial charge in [-0.2, -0.15) is 5.10 Å². The van der Waals surface area contributed by atoms with Gasteiger partial charge in [-0.25, -0.2) is 0 Å². The van der Waals surface area contributed by atoms with Gasteiger partial charge in [0.05, 0.1) is 16.3 Å². The van der Waals surface area contributed by atoms with Gasteiger partial charge in [-0.1, -0.05) is 12.1 Å². The molecular weight excluding hydrogens is 232 g/mol. The van der Waals surface area contributed by atoms with Crippen LogP contribution >= 0.6 is 0 Å². The molecule has 0 unspecified atom stereocenters. The second kappa shape index (κ2) is 4.87. The first-order valence-corrected chi connectivity index (χ1v) is 5.53. The Hall–Kier alpha value is -2.37. The van der Waals surface area contributed by atoms with Crippen molar-refractivity contribution in [2.75, 3.05) is 5.32 Å². The lowest BCUT2D eigenvalue weighted by Crippen LogP contribution is -1.99. The van der Waals surface area contributed by atoms with Crippen molar-refractivity contribution >= 4 is 11.4 Å². The van der Waals surface area contributed by atoms with Crippen LogP contribution in [0.25, 0.3) is 0 Å². The number of nitro benzene ring substituents is 1. The van der Waals surface area contributed by atoms with Crippen LogP contribution < -0.4 is 5.32 Å². The Labute approximate surface area is 104 Å². The first-order valence-electron chi connectivity index (χ1n) is 5.53. The fraction of sp³-hybridized carbons (Fsp3) is 0.250. The summed E-state index contributed by atoms with van der Waals surface area (Å²) in [6.07, 6.45) is 1.90. The molecule has 94 valence electrons. The van der Waals surface area contributed by atoms with Gasteiger partial charge < -0.3 is 5.32 Å². The van der Waals surface area contributed by atoms with Gasteiger partial charge in [-0.15, -0.1) is 0 Å². The van der Waals surface area contributed by atoms with Gasteiger partial charge >= 0.3 is 0 Å². The van der Waals surface area contributed by atoms with Crippen LogP contribution in [0.1, 0.15) is 11.3 Å². The van der Waals surface area contributed by atoms with E-state index in [0.29, 0.717) is 6.54 Å². The molecule has 0 fully saturated rings. The van der Waals surface area contributed by atoms with E-state index >= 15 is 0 Å². The van der Waals surface area contributed by atoms with E-state index in [4.69, 9.17) is 0 Å². The fourth-order valence-corrected chi connectivity index (χ4v) is 1.71. The van der Waals surface area contributed by atoms with Crippen molar-refractivity contribution in [1.82, 2.24) is 9.78 Å². The predicted octanol–water partition coefficient (Wildman–Crippen LogP) is 2.25. The molecule has 0 saturated heterocycles. The highest BCUT2D eigenvalue weighted by Gasteiger charge is 2.05. The zero-order valence-electron chi connectivity index (χ0n) is 10.3. The van der Waals surface area contributed by atoms with E-state index in [9.17, 15) is 10.1 Å². The lowest BCUT2D eigenvalue weighted by Gasteiger charge is -2.04. The van der Waals surface area contributed by atoms with E-state index in [1.54, 1.807) is 16.8 Å². The molecule has 0 aliphatic rings. The molecule has 2 rings (SSSR count). The SMILES string of the molecule is Cc1nn(C)cc1NCc1ccc([N+](=O)[O-])cc1. The summed E-state index contributed by atoms with van der Waals surface area (Å²) >= 11 is 0. The van der Waals surface area contributed by atoms with Crippen molar-refractivity contribution in [3.05, 3.63) is 51.8 Å². The smallest absolute Gasteiger partial charge is 0.269 e. The normalized spacial score (nSPS) is 10.3. The zero-order valence-corrected chi connectivity index (χ0v) is 10.3. The average molecular weight is 246 g/mol. The number of nitro groups is 1. The van der Waals surface area contributed by atoms with E-state index in [0.717, 1.165) is 16.9 Å². The van der Waals surface area contributed by atoms with Crippen molar-refractivity contribution in [1.29, 1.82) is 0 Å². The van der Waals surface area contributed by atoms with Gasteiger partial charge in [-0.3, -0.25) is 14.8 Å². The second-order valence-corrected chi connectivity index (χ2v) is 4.08. The van der Waals surface area contributed by atoms with Gasteiger partial charge in [0.15, 0.2) is 0 Å². The molecule has 6 heteroatoms. The molecule has 2 aromatic rings. The first kappa shape index (κ1) is 12.1. The molecule has 18 heavy (non-hydrogen) atoms. The maximum absolute atomic E-state index is 10.5. The van der Waals surface area contributed by atoms with Crippen molar-refractivity contribution in [3.63, 3.8) is 0 Å². The molecule has 0 aliphatic heterocycles. The Morgan fingerprint density at radius 1 is 1.39 bits per heavy atom. The molecule has 0 amide bonds. The van der Waals surface area contributed by atoms with Crippen LogP contribution in [-0.2, 0) is 13.6 Å². The third-order valence-electron chi connectivity index (χ3n) is 2.64. The number of benzene rings is 1. The lowest BCUT2D eigenvalue weighted by atomic mass is 10.2. The van der Waals surface area contributed by atoms with Gasteiger partial charge in [0.25, 0.3) is 5.69 Å². The summed E-state index contributed by atoms with van der Waals surface area (Å²) in [7, 11) is 1.87. The summed E-state index contributed by atoms with van der Waals surface area (Å²) in [5.74, 6) is 0. The number of aromatic nitrogens is 2. The fourth-order valence-electron chi connectivity index (χ4n) is 1.71. The Morgan fingerprint density at radius 3 is 2.56 bits per heavy atom. The van der Waals surface area contributed by atoms with E-state index in [1.807, 2.05) is 20.2 Å². The van der Waals surface area contributed by atoms with Crippen LogP contribution in [0, 0.1) is 17.0 Å². The third kappa shape index (κ3) is 2.65. The summed E-state index contributed by atoms with van der Waals surface area (Å²) in [4.78, 5) is 10.1. The molecule has 0 aliphatic carbocycles. The molecule has 1 aromatic heterocycles. The molecule has 1 aromatic carbocycles. The molecule has 6 nitrogen and oxygen atoms in total. The summed E-state index contributed by atoms with van der Waals surface area (Å²) in [5.41, 5.74) is 3.00. The molecule has 0 bridgehead atoms. The molecular formula is C12H14N4O2. The number of nitrogens with one attached hydrogen (secondary N) is 1. The van der Waals surface area contributed by atoms with Crippen molar-refractivity contribution < 1.29 is 4.92 Å². The lowest BCUT2D eigenvalue weighted by molar-refractivity contribution is -0.384. The summed E-state index contributed by atoms with van der Waals surface area (Å²) in [6.45, 7) is 2.54. The van der Waals surface area contributed by atoms with Crippen molar-refractivity contribution in [2.45, 2.75) is 13.5 Å². The van der Waals surface area contributed by atoms with E-state index < -0.39 is 4.92 Å². The number of aryl methyl sites for hydroxylation is 2. The molecule has 0 saturated carbocycles. The molecule has 0 spiro atoms. The van der Waals surface area contributed by atoms with E-state index in [-0.39, 0.29) is 5.69 Å². The number of hydrogen-bond donors (Lipinski definition) is 1.